The lowest BCUT2D eigenvalue weighted by Gasteiger charge is -2.35. The first-order valence-corrected chi connectivity index (χ1v) is 14.6. The van der Waals surface area contributed by atoms with Crippen molar-refractivity contribution in [2.24, 2.45) is 0 Å². The van der Waals surface area contributed by atoms with Gasteiger partial charge in [-0.15, -0.1) is 6.58 Å². The molecule has 2 atom stereocenters. The molecule has 2 aromatic carbocycles. The third-order valence-corrected chi connectivity index (χ3v) is 10.2. The smallest absolute Gasteiger partial charge is 0.432 e. The van der Waals surface area contributed by atoms with Gasteiger partial charge in [-0.25, -0.2) is 4.79 Å². The molecule has 0 aromatic heterocycles. The van der Waals surface area contributed by atoms with Gasteiger partial charge >= 0.3 is 12.1 Å². The van der Waals surface area contributed by atoms with Crippen molar-refractivity contribution in [1.82, 2.24) is 0 Å². The van der Waals surface area contributed by atoms with E-state index in [1.807, 2.05) is 37.3 Å². The third kappa shape index (κ3) is 6.19. The number of halogens is 3. The highest BCUT2D eigenvalue weighted by Crippen LogP contribution is 2.43. The molecule has 7 heteroatoms. The summed E-state index contributed by atoms with van der Waals surface area (Å²) in [5.41, 5.74) is -3.49. The van der Waals surface area contributed by atoms with Gasteiger partial charge in [0, 0.05) is 19.1 Å². The van der Waals surface area contributed by atoms with Gasteiger partial charge in [-0.1, -0.05) is 104 Å². The van der Waals surface area contributed by atoms with Crippen LogP contribution >= 0.6 is 0 Å². The second kappa shape index (κ2) is 11.8. The molecule has 0 aliphatic carbocycles. The Balaban J connectivity index is 2.35. The highest BCUT2D eigenvalue weighted by atomic mass is 28.3. The van der Waals surface area contributed by atoms with Crippen LogP contribution in [0.25, 0.3) is 0 Å². The van der Waals surface area contributed by atoms with Gasteiger partial charge in [0.2, 0.25) is 0 Å². The Bertz CT molecular complexity index is 929. The largest absolute Gasteiger partial charge is 0.459 e. The Hall–Kier alpha value is -2.38. The van der Waals surface area contributed by atoms with Crippen LogP contribution in [-0.2, 0) is 19.9 Å². The fourth-order valence-corrected chi connectivity index (χ4v) is 6.21. The number of esters is 1. The van der Waals surface area contributed by atoms with E-state index >= 15 is 0 Å². The average Bonchev–Trinajstić information content (AvgIpc) is 2.80. The normalized spacial score (nSPS) is 14.8. The summed E-state index contributed by atoms with van der Waals surface area (Å²) in [7, 11) is -1.25. The Labute approximate surface area is 202 Å². The molecule has 0 amide bonds. The SMILES string of the molecule is C=C(CC(CCCCC)OC(=O)[C@@](OC)(c1ccccc1)C(F)(F)F)[Si](C)(C)c1ccccc1. The van der Waals surface area contributed by atoms with E-state index in [9.17, 15) is 18.0 Å². The number of hydrogen-bond donors (Lipinski definition) is 0. The first kappa shape index (κ1) is 27.9. The van der Waals surface area contributed by atoms with E-state index in [2.05, 4.69) is 19.7 Å². The number of rotatable bonds is 12. The average molecular weight is 493 g/mol. The molecule has 0 saturated carbocycles. The van der Waals surface area contributed by atoms with Gasteiger partial charge < -0.3 is 9.47 Å². The lowest BCUT2D eigenvalue weighted by Crippen LogP contribution is -2.52. The van der Waals surface area contributed by atoms with Crippen LogP contribution in [0.4, 0.5) is 13.2 Å². The highest BCUT2D eigenvalue weighted by Gasteiger charge is 2.64. The number of carbonyl (C=O) groups is 1. The monoisotopic (exact) mass is 492 g/mol. The molecule has 0 N–H and O–H groups in total. The summed E-state index contributed by atoms with van der Waals surface area (Å²) in [4.78, 5) is 13.2. The Morgan fingerprint density at radius 1 is 1.00 bits per heavy atom. The molecule has 0 spiro atoms. The number of methoxy groups -OCH3 is 1. The van der Waals surface area contributed by atoms with Gasteiger partial charge in [0.15, 0.2) is 0 Å². The maximum Gasteiger partial charge on any atom is 0.432 e. The molecule has 34 heavy (non-hydrogen) atoms. The maximum atomic E-state index is 14.3. The minimum absolute atomic E-state index is 0.305. The lowest BCUT2D eigenvalue weighted by molar-refractivity contribution is -0.278. The molecule has 0 aliphatic heterocycles. The maximum absolute atomic E-state index is 14.3. The minimum atomic E-state index is -5.00. The summed E-state index contributed by atoms with van der Waals surface area (Å²) in [5.74, 6) is -1.44. The predicted octanol–water partition coefficient (Wildman–Crippen LogP) is 6.68. The Morgan fingerprint density at radius 2 is 1.56 bits per heavy atom. The van der Waals surface area contributed by atoms with E-state index < -0.39 is 31.9 Å². The molecule has 1 unspecified atom stereocenters. The van der Waals surface area contributed by atoms with Crippen molar-refractivity contribution in [2.75, 3.05) is 7.11 Å². The number of unbranched alkanes of at least 4 members (excludes halogenated alkanes) is 2. The number of alkyl halides is 3. The van der Waals surface area contributed by atoms with Gasteiger partial charge in [-0.3, -0.25) is 0 Å². The Morgan fingerprint density at radius 3 is 2.06 bits per heavy atom. The predicted molar refractivity (Wildman–Crippen MR) is 133 cm³/mol. The molecule has 0 heterocycles. The third-order valence-electron chi connectivity index (χ3n) is 6.43. The van der Waals surface area contributed by atoms with Crippen molar-refractivity contribution in [3.8, 4) is 0 Å². The van der Waals surface area contributed by atoms with E-state index in [0.717, 1.165) is 31.6 Å². The quantitative estimate of drug-likeness (QED) is 0.188. The second-order valence-electron chi connectivity index (χ2n) is 9.07. The van der Waals surface area contributed by atoms with Crippen LogP contribution in [0.15, 0.2) is 72.4 Å². The molecule has 0 bridgehead atoms. The number of hydrogen-bond acceptors (Lipinski definition) is 3. The number of benzene rings is 2. The van der Waals surface area contributed by atoms with E-state index in [0.29, 0.717) is 12.8 Å². The van der Waals surface area contributed by atoms with Crippen LogP contribution in [0, 0.1) is 0 Å². The first-order valence-electron chi connectivity index (χ1n) is 11.6. The van der Waals surface area contributed by atoms with Crippen molar-refractivity contribution in [2.45, 2.75) is 70.0 Å². The van der Waals surface area contributed by atoms with Crippen LogP contribution in [0.5, 0.6) is 0 Å². The van der Waals surface area contributed by atoms with Crippen molar-refractivity contribution in [3.63, 3.8) is 0 Å². The summed E-state index contributed by atoms with van der Waals surface area (Å²) in [6, 6.07) is 16.9. The van der Waals surface area contributed by atoms with Crippen LogP contribution in [0.1, 0.15) is 44.6 Å². The highest BCUT2D eigenvalue weighted by molar-refractivity contribution is 6.95. The fraction of sp³-hybridized carbons (Fsp3) is 0.444. The van der Waals surface area contributed by atoms with Crippen molar-refractivity contribution in [1.29, 1.82) is 0 Å². The van der Waals surface area contributed by atoms with Gasteiger partial charge in [-0.2, -0.15) is 13.2 Å². The first-order chi connectivity index (χ1) is 16.0. The molecular formula is C27H35F3O3Si. The molecule has 2 aromatic rings. The van der Waals surface area contributed by atoms with E-state index in [1.54, 1.807) is 6.07 Å². The Kier molecular flexibility index (Phi) is 9.70. The van der Waals surface area contributed by atoms with Crippen molar-refractivity contribution in [3.05, 3.63) is 78.0 Å². The number of carbonyl (C=O) groups excluding carboxylic acids is 1. The van der Waals surface area contributed by atoms with E-state index in [1.165, 1.54) is 29.5 Å². The molecule has 186 valence electrons. The molecule has 0 saturated heterocycles. The molecular weight excluding hydrogens is 457 g/mol. The molecule has 0 fully saturated rings. The summed E-state index contributed by atoms with van der Waals surface area (Å²) in [6.45, 7) is 10.6. The van der Waals surface area contributed by atoms with Gasteiger partial charge in [0.1, 0.15) is 14.2 Å². The van der Waals surface area contributed by atoms with Crippen LogP contribution < -0.4 is 5.19 Å². The van der Waals surface area contributed by atoms with E-state index in [4.69, 9.17) is 9.47 Å². The summed E-state index contributed by atoms with van der Waals surface area (Å²) in [5, 5.41) is 2.09. The zero-order valence-corrected chi connectivity index (χ0v) is 21.5. The summed E-state index contributed by atoms with van der Waals surface area (Å²) < 4.78 is 53.4. The van der Waals surface area contributed by atoms with Gasteiger partial charge in [0.25, 0.3) is 5.60 Å². The van der Waals surface area contributed by atoms with Gasteiger partial charge in [0.05, 0.1) is 0 Å². The fourth-order valence-electron chi connectivity index (χ4n) is 4.03. The minimum Gasteiger partial charge on any atom is -0.459 e. The van der Waals surface area contributed by atoms with Crippen LogP contribution in [0.3, 0.4) is 0 Å². The topological polar surface area (TPSA) is 35.5 Å². The zero-order chi connectivity index (χ0) is 25.4. The van der Waals surface area contributed by atoms with Crippen LogP contribution in [-0.4, -0.2) is 33.4 Å². The summed E-state index contributed by atoms with van der Waals surface area (Å²) in [6.07, 6.45) is -2.35. The van der Waals surface area contributed by atoms with Crippen molar-refractivity contribution < 1.29 is 27.4 Å². The second-order valence-corrected chi connectivity index (χ2v) is 13.6. The van der Waals surface area contributed by atoms with Gasteiger partial charge in [-0.05, 0) is 12.8 Å². The molecule has 2 rings (SSSR count). The standard InChI is InChI=1S/C27H35F3O3Si/c1-6-7-10-17-23(20-21(2)34(4,5)24-18-13-9-14-19-24)33-25(31)26(32-3,27(28,29)30)22-15-11-8-12-16-22/h8-9,11-16,18-19,23H,2,6-7,10,17,20H2,1,3-5H3/t23?,26-/m0/s1. The summed E-state index contributed by atoms with van der Waals surface area (Å²) >= 11 is 0. The van der Waals surface area contributed by atoms with Crippen LogP contribution in [0.2, 0.25) is 13.1 Å². The molecule has 0 radical (unpaired) electrons. The van der Waals surface area contributed by atoms with E-state index in [-0.39, 0.29) is 5.56 Å². The number of ether oxygens (including phenoxy) is 2. The van der Waals surface area contributed by atoms with Crippen molar-refractivity contribution >= 4 is 19.2 Å². The molecule has 3 nitrogen and oxygen atoms in total. The lowest BCUT2D eigenvalue weighted by atomic mass is 9.92. The zero-order valence-electron chi connectivity index (χ0n) is 20.5. The molecule has 0 aliphatic rings.